The van der Waals surface area contributed by atoms with Gasteiger partial charge in [-0.3, -0.25) is 4.79 Å². The highest BCUT2D eigenvalue weighted by Crippen LogP contribution is 2.59. The highest BCUT2D eigenvalue weighted by atomic mass is 33.1. The molecule has 0 aromatic heterocycles. The molecule has 0 spiro atoms. The first kappa shape index (κ1) is 18.7. The number of carbonyl (C=O) groups is 2. The van der Waals surface area contributed by atoms with Crippen LogP contribution >= 0.6 is 21.6 Å². The number of amides is 1. The molecule has 0 radical (unpaired) electrons. The maximum Gasteiger partial charge on any atom is 0.407 e. The first-order valence-electron chi connectivity index (χ1n) is 7.92. The first-order chi connectivity index (χ1) is 10.7. The average Bonchev–Trinajstić information content (AvgIpc) is 2.37. The van der Waals surface area contributed by atoms with Crippen molar-refractivity contribution in [3.05, 3.63) is 0 Å². The molecule has 2 aliphatic rings. The van der Waals surface area contributed by atoms with Crippen molar-refractivity contribution < 1.29 is 19.4 Å². The second-order valence-electron chi connectivity index (χ2n) is 7.24. The fourth-order valence-corrected chi connectivity index (χ4v) is 6.72. The lowest BCUT2D eigenvalue weighted by Gasteiger charge is -2.51. The zero-order chi connectivity index (χ0) is 17.2. The molecule has 0 bridgehead atoms. The predicted molar refractivity (Wildman–Crippen MR) is 93.4 cm³/mol. The molecule has 0 aromatic rings. The SMILES string of the molecule is CC(C)(C)OC(=O)NCC1C(CN)C(CC(=O)O)CC2SSC21. The maximum absolute atomic E-state index is 11.9. The maximum atomic E-state index is 11.9. The third-order valence-corrected chi connectivity index (χ3v) is 8.02. The first-order valence-corrected chi connectivity index (χ1v) is 10.2. The van der Waals surface area contributed by atoms with E-state index in [1.807, 2.05) is 42.4 Å². The lowest BCUT2D eigenvalue weighted by Crippen LogP contribution is -2.53. The van der Waals surface area contributed by atoms with Crippen molar-refractivity contribution in [2.45, 2.75) is 49.7 Å². The number of rotatable bonds is 5. The van der Waals surface area contributed by atoms with Gasteiger partial charge in [0.2, 0.25) is 0 Å². The van der Waals surface area contributed by atoms with Crippen LogP contribution in [0.5, 0.6) is 0 Å². The quantitative estimate of drug-likeness (QED) is 0.645. The summed E-state index contributed by atoms with van der Waals surface area (Å²) in [6, 6.07) is 0. The van der Waals surface area contributed by atoms with Crippen LogP contribution < -0.4 is 11.1 Å². The van der Waals surface area contributed by atoms with Gasteiger partial charge in [-0.25, -0.2) is 4.79 Å². The lowest BCUT2D eigenvalue weighted by molar-refractivity contribution is -0.139. The monoisotopic (exact) mass is 362 g/mol. The molecule has 1 aliphatic heterocycles. The van der Waals surface area contributed by atoms with Crippen LogP contribution in [-0.2, 0) is 9.53 Å². The van der Waals surface area contributed by atoms with Gasteiger partial charge in [0.15, 0.2) is 0 Å². The fourth-order valence-electron chi connectivity index (χ4n) is 3.39. The molecule has 1 amide bonds. The summed E-state index contributed by atoms with van der Waals surface area (Å²) < 4.78 is 5.28. The Morgan fingerprint density at radius 3 is 2.48 bits per heavy atom. The standard InChI is InChI=1S/C15H26N2O4S2/c1-15(2,3)21-14(20)17-7-10-9(6-16)8(5-12(18)19)4-11-13(10)23-22-11/h8-11,13H,4-7,16H2,1-3H3,(H,17,20)(H,18,19). The van der Waals surface area contributed by atoms with Crippen molar-refractivity contribution in [2.24, 2.45) is 23.5 Å². The molecule has 23 heavy (non-hydrogen) atoms. The normalized spacial score (nSPS) is 33.3. The minimum atomic E-state index is -0.775. The summed E-state index contributed by atoms with van der Waals surface area (Å²) in [6.45, 7) is 6.42. The summed E-state index contributed by atoms with van der Waals surface area (Å²) >= 11 is 0. The molecular formula is C15H26N2O4S2. The van der Waals surface area contributed by atoms with Gasteiger partial charge in [0.25, 0.3) is 0 Å². The van der Waals surface area contributed by atoms with Crippen LogP contribution in [0, 0.1) is 17.8 Å². The van der Waals surface area contributed by atoms with Crippen molar-refractivity contribution >= 4 is 33.7 Å². The van der Waals surface area contributed by atoms with Gasteiger partial charge >= 0.3 is 12.1 Å². The zero-order valence-corrected chi connectivity index (χ0v) is 15.4. The number of carbonyl (C=O) groups excluding carboxylic acids is 1. The molecule has 1 saturated heterocycles. The smallest absolute Gasteiger partial charge is 0.407 e. The highest BCUT2D eigenvalue weighted by molar-refractivity contribution is 8.80. The number of ether oxygens (including phenoxy) is 1. The van der Waals surface area contributed by atoms with Crippen molar-refractivity contribution in [1.29, 1.82) is 0 Å². The van der Waals surface area contributed by atoms with Crippen LogP contribution in [0.2, 0.25) is 0 Å². The van der Waals surface area contributed by atoms with Crippen LogP contribution in [0.3, 0.4) is 0 Å². The van der Waals surface area contributed by atoms with E-state index in [2.05, 4.69) is 5.32 Å². The molecule has 5 unspecified atom stereocenters. The van der Waals surface area contributed by atoms with E-state index >= 15 is 0 Å². The molecule has 1 heterocycles. The van der Waals surface area contributed by atoms with Gasteiger partial charge in [-0.15, -0.1) is 0 Å². The molecule has 6 nitrogen and oxygen atoms in total. The van der Waals surface area contributed by atoms with E-state index in [1.54, 1.807) is 0 Å². The van der Waals surface area contributed by atoms with Crippen LogP contribution in [-0.4, -0.2) is 46.4 Å². The minimum Gasteiger partial charge on any atom is -0.481 e. The third-order valence-electron chi connectivity index (χ3n) is 4.36. The van der Waals surface area contributed by atoms with E-state index in [0.717, 1.165) is 6.42 Å². The Bertz CT molecular complexity index is 455. The van der Waals surface area contributed by atoms with E-state index in [-0.39, 0.29) is 24.2 Å². The van der Waals surface area contributed by atoms with Gasteiger partial charge < -0.3 is 20.9 Å². The molecule has 2 rings (SSSR count). The van der Waals surface area contributed by atoms with E-state index in [1.165, 1.54) is 0 Å². The molecule has 4 N–H and O–H groups in total. The number of nitrogens with two attached hydrogens (primary N) is 1. The third kappa shape index (κ3) is 4.93. The van der Waals surface area contributed by atoms with Gasteiger partial charge in [-0.2, -0.15) is 0 Å². The van der Waals surface area contributed by atoms with Gasteiger partial charge in [0, 0.05) is 23.5 Å². The van der Waals surface area contributed by atoms with Crippen molar-refractivity contribution in [3.63, 3.8) is 0 Å². The van der Waals surface area contributed by atoms with Crippen molar-refractivity contribution in [3.8, 4) is 0 Å². The number of carboxylic acids is 1. The van der Waals surface area contributed by atoms with Crippen molar-refractivity contribution in [1.82, 2.24) is 5.32 Å². The Hall–Kier alpha value is -0.600. The molecule has 132 valence electrons. The molecule has 0 aromatic carbocycles. The number of carboxylic acid groups (broad SMARTS) is 1. The predicted octanol–water partition coefficient (Wildman–Crippen LogP) is 2.33. The van der Waals surface area contributed by atoms with E-state index in [9.17, 15) is 9.59 Å². The molecule has 8 heteroatoms. The summed E-state index contributed by atoms with van der Waals surface area (Å²) in [5, 5.41) is 12.9. The molecule has 1 aliphatic carbocycles. The zero-order valence-electron chi connectivity index (χ0n) is 13.8. The molecule has 5 atom stereocenters. The Morgan fingerprint density at radius 1 is 1.30 bits per heavy atom. The van der Waals surface area contributed by atoms with Crippen LogP contribution in [0.4, 0.5) is 4.79 Å². The van der Waals surface area contributed by atoms with E-state index in [4.69, 9.17) is 15.6 Å². The highest BCUT2D eigenvalue weighted by Gasteiger charge is 2.50. The van der Waals surface area contributed by atoms with Crippen LogP contribution in [0.15, 0.2) is 0 Å². The Morgan fingerprint density at radius 2 is 2.00 bits per heavy atom. The summed E-state index contributed by atoms with van der Waals surface area (Å²) in [6.07, 6.45) is 0.626. The van der Waals surface area contributed by atoms with E-state index in [0.29, 0.717) is 23.6 Å². The molecule has 2 fully saturated rings. The fraction of sp³-hybridized carbons (Fsp3) is 0.867. The van der Waals surface area contributed by atoms with Gasteiger partial charge in [0.1, 0.15) is 5.60 Å². The topological polar surface area (TPSA) is 102 Å². The number of hydrogen-bond acceptors (Lipinski definition) is 6. The Labute approximate surface area is 145 Å². The number of fused-ring (bicyclic) bond motifs is 1. The average molecular weight is 363 g/mol. The van der Waals surface area contributed by atoms with Gasteiger partial charge in [-0.05, 0) is 51.5 Å². The summed E-state index contributed by atoms with van der Waals surface area (Å²) in [5.74, 6) is -0.377. The van der Waals surface area contributed by atoms with Crippen LogP contribution in [0.25, 0.3) is 0 Å². The minimum absolute atomic E-state index is 0.0811. The Kier molecular flexibility index (Phi) is 6.13. The van der Waals surface area contributed by atoms with Gasteiger partial charge in [-0.1, -0.05) is 21.6 Å². The van der Waals surface area contributed by atoms with E-state index < -0.39 is 17.7 Å². The molecular weight excluding hydrogens is 336 g/mol. The second-order valence-corrected chi connectivity index (χ2v) is 9.92. The second kappa shape index (κ2) is 7.53. The molecule has 1 saturated carbocycles. The summed E-state index contributed by atoms with van der Waals surface area (Å²) in [4.78, 5) is 23.0. The van der Waals surface area contributed by atoms with Crippen molar-refractivity contribution in [2.75, 3.05) is 13.1 Å². The van der Waals surface area contributed by atoms with Crippen LogP contribution in [0.1, 0.15) is 33.6 Å². The number of hydrogen-bond donors (Lipinski definition) is 3. The number of aliphatic carboxylic acids is 1. The van der Waals surface area contributed by atoms with Gasteiger partial charge in [0.05, 0.1) is 0 Å². The Balaban J connectivity index is 1.99. The largest absolute Gasteiger partial charge is 0.481 e. The summed E-state index contributed by atoms with van der Waals surface area (Å²) in [7, 11) is 3.64. The number of nitrogens with one attached hydrogen (secondary N) is 1. The lowest BCUT2D eigenvalue weighted by atomic mass is 9.70. The summed E-state index contributed by atoms with van der Waals surface area (Å²) in [5.41, 5.74) is 5.42. The number of alkyl carbamates (subject to hydrolysis) is 1.